The van der Waals surface area contributed by atoms with Crippen LogP contribution in [-0.2, 0) is 6.42 Å². The van der Waals surface area contributed by atoms with Crippen LogP contribution in [0.4, 0.5) is 0 Å². The zero-order valence-electron chi connectivity index (χ0n) is 16.2. The summed E-state index contributed by atoms with van der Waals surface area (Å²) in [5.41, 5.74) is 5.66. The molecule has 0 saturated carbocycles. The number of likely N-dealkylation sites (N-methyl/N-ethyl adjacent to an activating group) is 1. The number of carbonyl (C=O) groups is 1. The third kappa shape index (κ3) is 4.19. The number of rotatable bonds is 5. The molecule has 0 aliphatic carbocycles. The molecule has 0 bridgehead atoms. The number of aryl methyl sites for hydroxylation is 1. The highest BCUT2D eigenvalue weighted by atomic mass is 16.2. The molecule has 2 aromatic heterocycles. The highest BCUT2D eigenvalue weighted by Gasteiger charge is 2.18. The van der Waals surface area contributed by atoms with Crippen molar-refractivity contribution in [2.24, 2.45) is 0 Å². The van der Waals surface area contributed by atoms with Gasteiger partial charge in [0.2, 0.25) is 0 Å². The predicted molar refractivity (Wildman–Crippen MR) is 106 cm³/mol. The lowest BCUT2D eigenvalue weighted by molar-refractivity contribution is 0.0743. The van der Waals surface area contributed by atoms with Crippen molar-refractivity contribution in [3.05, 3.63) is 77.2 Å². The van der Waals surface area contributed by atoms with Crippen molar-refractivity contribution in [3.63, 3.8) is 0 Å². The van der Waals surface area contributed by atoms with E-state index in [1.807, 2.05) is 70.3 Å². The summed E-state index contributed by atoms with van der Waals surface area (Å²) in [6, 6.07) is 13.5. The average Bonchev–Trinajstić information content (AvgIpc) is 2.70. The molecule has 5 heteroatoms. The number of nitrogens with zero attached hydrogens (tertiary/aromatic N) is 4. The van der Waals surface area contributed by atoms with Crippen molar-refractivity contribution < 1.29 is 4.79 Å². The van der Waals surface area contributed by atoms with Crippen molar-refractivity contribution in [1.29, 1.82) is 0 Å². The quantitative estimate of drug-likeness (QED) is 0.693. The lowest BCUT2D eigenvalue weighted by Crippen LogP contribution is -2.36. The molecule has 5 nitrogen and oxygen atoms in total. The normalized spacial score (nSPS) is 11.9. The first-order valence-corrected chi connectivity index (χ1v) is 9.03. The van der Waals surface area contributed by atoms with Gasteiger partial charge in [-0.15, -0.1) is 0 Å². The summed E-state index contributed by atoms with van der Waals surface area (Å²) in [4.78, 5) is 18.9. The van der Waals surface area contributed by atoms with E-state index in [0.29, 0.717) is 5.56 Å². The fourth-order valence-electron chi connectivity index (χ4n) is 2.94. The number of amides is 1. The number of aromatic nitrogens is 3. The first kappa shape index (κ1) is 18.7. The SMILES string of the molecule is Cc1cnnc(-c2ccc(C(=O)N(C)C(C)Cc3ccccn3)cc2)c1C. The van der Waals surface area contributed by atoms with Crippen LogP contribution >= 0.6 is 0 Å². The van der Waals surface area contributed by atoms with Gasteiger partial charge in [-0.25, -0.2) is 0 Å². The van der Waals surface area contributed by atoms with Crippen molar-refractivity contribution in [2.45, 2.75) is 33.2 Å². The number of carbonyl (C=O) groups excluding carboxylic acids is 1. The predicted octanol–water partition coefficient (Wildman–Crippen LogP) is 3.86. The zero-order valence-corrected chi connectivity index (χ0v) is 16.2. The minimum Gasteiger partial charge on any atom is -0.339 e. The van der Waals surface area contributed by atoms with Gasteiger partial charge in [0.1, 0.15) is 0 Å². The van der Waals surface area contributed by atoms with Crippen LogP contribution in [0.15, 0.2) is 54.9 Å². The smallest absolute Gasteiger partial charge is 0.253 e. The van der Waals surface area contributed by atoms with Crippen LogP contribution in [0.25, 0.3) is 11.3 Å². The van der Waals surface area contributed by atoms with E-state index in [9.17, 15) is 4.79 Å². The van der Waals surface area contributed by atoms with Gasteiger partial charge in [0.05, 0.1) is 11.9 Å². The third-order valence-electron chi connectivity index (χ3n) is 4.97. The number of pyridine rings is 1. The Morgan fingerprint density at radius 2 is 1.85 bits per heavy atom. The summed E-state index contributed by atoms with van der Waals surface area (Å²) in [6.07, 6.45) is 4.26. The third-order valence-corrected chi connectivity index (χ3v) is 4.97. The second kappa shape index (κ2) is 8.08. The van der Waals surface area contributed by atoms with Gasteiger partial charge >= 0.3 is 0 Å². The molecule has 0 aliphatic heterocycles. The van der Waals surface area contributed by atoms with E-state index in [4.69, 9.17) is 0 Å². The topological polar surface area (TPSA) is 59.0 Å². The molecule has 2 heterocycles. The van der Waals surface area contributed by atoms with E-state index in [1.54, 1.807) is 17.3 Å². The van der Waals surface area contributed by atoms with Gasteiger partial charge in [0, 0.05) is 42.5 Å². The van der Waals surface area contributed by atoms with E-state index >= 15 is 0 Å². The first-order valence-electron chi connectivity index (χ1n) is 9.03. The lowest BCUT2D eigenvalue weighted by Gasteiger charge is -2.25. The number of hydrogen-bond donors (Lipinski definition) is 0. The molecule has 0 aliphatic rings. The van der Waals surface area contributed by atoms with E-state index in [-0.39, 0.29) is 11.9 Å². The van der Waals surface area contributed by atoms with Crippen LogP contribution in [-0.4, -0.2) is 39.1 Å². The molecule has 0 radical (unpaired) electrons. The van der Waals surface area contributed by atoms with Gasteiger partial charge in [-0.2, -0.15) is 10.2 Å². The molecule has 0 spiro atoms. The van der Waals surface area contributed by atoms with Crippen molar-refractivity contribution in [2.75, 3.05) is 7.05 Å². The van der Waals surface area contributed by atoms with E-state index in [0.717, 1.165) is 34.5 Å². The molecule has 27 heavy (non-hydrogen) atoms. The van der Waals surface area contributed by atoms with Crippen LogP contribution < -0.4 is 0 Å². The Kier molecular flexibility index (Phi) is 5.60. The zero-order chi connectivity index (χ0) is 19.4. The summed E-state index contributed by atoms with van der Waals surface area (Å²) in [7, 11) is 1.83. The maximum absolute atomic E-state index is 12.8. The van der Waals surface area contributed by atoms with Gasteiger partial charge in [-0.1, -0.05) is 18.2 Å². The Morgan fingerprint density at radius 1 is 1.11 bits per heavy atom. The standard InChI is InChI=1S/C22H24N4O/c1-15-14-24-25-21(17(15)3)18-8-10-19(11-9-18)22(27)26(4)16(2)13-20-7-5-6-12-23-20/h5-12,14,16H,13H2,1-4H3. The van der Waals surface area contributed by atoms with Gasteiger partial charge < -0.3 is 4.90 Å². The minimum atomic E-state index is -0.00275. The van der Waals surface area contributed by atoms with Gasteiger partial charge in [0.25, 0.3) is 5.91 Å². The molecule has 138 valence electrons. The summed E-state index contributed by atoms with van der Waals surface area (Å²) in [5, 5.41) is 8.28. The Bertz CT molecular complexity index is 923. The average molecular weight is 360 g/mol. The molecule has 0 fully saturated rings. The molecular formula is C22H24N4O. The van der Waals surface area contributed by atoms with E-state index in [1.165, 1.54) is 0 Å². The Balaban J connectivity index is 1.74. The van der Waals surface area contributed by atoms with Gasteiger partial charge in [0.15, 0.2) is 0 Å². The van der Waals surface area contributed by atoms with Gasteiger partial charge in [-0.05, 0) is 56.2 Å². The highest BCUT2D eigenvalue weighted by molar-refractivity contribution is 5.94. The van der Waals surface area contributed by atoms with E-state index < -0.39 is 0 Å². The number of hydrogen-bond acceptors (Lipinski definition) is 4. The molecule has 1 aromatic carbocycles. The summed E-state index contributed by atoms with van der Waals surface area (Å²) in [6.45, 7) is 6.08. The lowest BCUT2D eigenvalue weighted by atomic mass is 10.0. The molecule has 1 atom stereocenters. The van der Waals surface area contributed by atoms with Crippen LogP contribution in [0.5, 0.6) is 0 Å². The van der Waals surface area contributed by atoms with Crippen LogP contribution in [0.3, 0.4) is 0 Å². The molecule has 3 rings (SSSR count). The van der Waals surface area contributed by atoms with Crippen LogP contribution in [0.2, 0.25) is 0 Å². The first-order chi connectivity index (χ1) is 13.0. The Labute approximate surface area is 160 Å². The molecule has 1 unspecified atom stereocenters. The summed E-state index contributed by atoms with van der Waals surface area (Å²) in [5.74, 6) is -0.00275. The fraction of sp³-hybridized carbons (Fsp3) is 0.273. The monoisotopic (exact) mass is 360 g/mol. The Morgan fingerprint density at radius 3 is 2.52 bits per heavy atom. The summed E-state index contributed by atoms with van der Waals surface area (Å²) >= 11 is 0. The minimum absolute atomic E-state index is 0.00275. The van der Waals surface area contributed by atoms with Crippen molar-refractivity contribution in [1.82, 2.24) is 20.1 Å². The van der Waals surface area contributed by atoms with Gasteiger partial charge in [-0.3, -0.25) is 9.78 Å². The number of benzene rings is 1. The van der Waals surface area contributed by atoms with E-state index in [2.05, 4.69) is 15.2 Å². The van der Waals surface area contributed by atoms with Crippen molar-refractivity contribution in [3.8, 4) is 11.3 Å². The second-order valence-electron chi connectivity index (χ2n) is 6.87. The largest absolute Gasteiger partial charge is 0.339 e. The highest BCUT2D eigenvalue weighted by Crippen LogP contribution is 2.23. The molecule has 3 aromatic rings. The van der Waals surface area contributed by atoms with Crippen molar-refractivity contribution >= 4 is 5.91 Å². The molecule has 0 saturated heterocycles. The maximum atomic E-state index is 12.8. The van der Waals surface area contributed by atoms with Crippen LogP contribution in [0, 0.1) is 13.8 Å². The Hall–Kier alpha value is -3.08. The molecule has 1 amide bonds. The maximum Gasteiger partial charge on any atom is 0.253 e. The second-order valence-corrected chi connectivity index (χ2v) is 6.87. The molecular weight excluding hydrogens is 336 g/mol. The fourth-order valence-corrected chi connectivity index (χ4v) is 2.94. The van der Waals surface area contributed by atoms with Crippen LogP contribution in [0.1, 0.15) is 34.1 Å². The summed E-state index contributed by atoms with van der Waals surface area (Å²) < 4.78 is 0. The molecule has 0 N–H and O–H groups in total.